The molecule has 14 heavy (non-hydrogen) atoms. The van der Waals surface area contributed by atoms with Crippen LogP contribution >= 0.6 is 0 Å². The quantitative estimate of drug-likeness (QED) is 0.748. The first-order chi connectivity index (χ1) is 6.75. The number of nitrogen functional groups attached to an aromatic ring is 1. The van der Waals surface area contributed by atoms with E-state index in [4.69, 9.17) is 5.73 Å². The van der Waals surface area contributed by atoms with Crippen molar-refractivity contribution in [2.45, 2.75) is 6.54 Å². The fourth-order valence-electron chi connectivity index (χ4n) is 1.16. The van der Waals surface area contributed by atoms with E-state index < -0.39 is 0 Å². The van der Waals surface area contributed by atoms with Crippen molar-refractivity contribution in [2.75, 3.05) is 5.73 Å². The molecule has 0 saturated heterocycles. The highest BCUT2D eigenvalue weighted by atomic mass is 16.5. The van der Waals surface area contributed by atoms with Crippen LogP contribution < -0.4 is 11.2 Å². The summed E-state index contributed by atoms with van der Waals surface area (Å²) in [6.45, 7) is 0.591. The molecule has 2 aromatic heterocycles. The molecule has 0 aliphatic rings. The van der Waals surface area contributed by atoms with Gasteiger partial charge in [-0.1, -0.05) is 5.16 Å². The molecule has 2 aromatic rings. The van der Waals surface area contributed by atoms with Crippen LogP contribution in [0, 0.1) is 0 Å². The Labute approximate surface area is 79.7 Å². The van der Waals surface area contributed by atoms with E-state index in [9.17, 15) is 4.79 Å². The summed E-state index contributed by atoms with van der Waals surface area (Å²) in [6.07, 6.45) is 6.43. The van der Waals surface area contributed by atoms with Crippen LogP contribution in [0.1, 0.15) is 5.56 Å². The Morgan fingerprint density at radius 1 is 1.57 bits per heavy atom. The second-order valence-corrected chi connectivity index (χ2v) is 2.97. The van der Waals surface area contributed by atoms with Gasteiger partial charge < -0.3 is 14.8 Å². The number of anilines is 1. The number of rotatable bonds is 2. The Morgan fingerprint density at radius 2 is 2.43 bits per heavy atom. The van der Waals surface area contributed by atoms with E-state index >= 15 is 0 Å². The molecule has 0 atom stereocenters. The van der Waals surface area contributed by atoms with E-state index in [1.165, 1.54) is 6.07 Å². The van der Waals surface area contributed by atoms with Crippen molar-refractivity contribution in [3.05, 3.63) is 46.7 Å². The van der Waals surface area contributed by atoms with Gasteiger partial charge in [0.15, 0.2) is 0 Å². The van der Waals surface area contributed by atoms with Gasteiger partial charge >= 0.3 is 0 Å². The van der Waals surface area contributed by atoms with Crippen LogP contribution in [0.4, 0.5) is 5.69 Å². The van der Waals surface area contributed by atoms with Crippen molar-refractivity contribution in [3.63, 3.8) is 0 Å². The third kappa shape index (κ3) is 1.66. The molecule has 0 amide bonds. The smallest absolute Gasteiger partial charge is 0.204 e. The van der Waals surface area contributed by atoms with Gasteiger partial charge in [-0.2, -0.15) is 0 Å². The van der Waals surface area contributed by atoms with Crippen molar-refractivity contribution < 1.29 is 4.52 Å². The largest absolute Gasteiger partial charge is 0.394 e. The third-order valence-corrected chi connectivity index (χ3v) is 1.86. The molecule has 2 rings (SSSR count). The maximum Gasteiger partial charge on any atom is 0.204 e. The van der Waals surface area contributed by atoms with Crippen molar-refractivity contribution in [1.29, 1.82) is 0 Å². The van der Waals surface area contributed by atoms with Gasteiger partial charge in [0.2, 0.25) is 5.43 Å². The number of hydrogen-bond acceptors (Lipinski definition) is 4. The molecule has 0 radical (unpaired) electrons. The molecule has 0 fully saturated rings. The van der Waals surface area contributed by atoms with Crippen LogP contribution in [0.15, 0.2) is 40.2 Å². The Morgan fingerprint density at radius 3 is 3.07 bits per heavy atom. The van der Waals surface area contributed by atoms with Crippen molar-refractivity contribution in [2.24, 2.45) is 0 Å². The zero-order chi connectivity index (χ0) is 9.97. The second-order valence-electron chi connectivity index (χ2n) is 2.97. The minimum atomic E-state index is -0.161. The van der Waals surface area contributed by atoms with Gasteiger partial charge in [0, 0.05) is 24.0 Å². The zero-order valence-electron chi connectivity index (χ0n) is 7.38. The molecule has 0 aliphatic carbocycles. The number of nitrogens with two attached hydrogens (primary N) is 1. The number of pyridine rings is 1. The highest BCUT2D eigenvalue weighted by Gasteiger charge is 1.98. The first-order valence-corrected chi connectivity index (χ1v) is 4.09. The van der Waals surface area contributed by atoms with Gasteiger partial charge in [0.25, 0.3) is 0 Å². The van der Waals surface area contributed by atoms with Crippen LogP contribution in [-0.2, 0) is 6.54 Å². The SMILES string of the molecule is Nc1cn(Cc2cnoc2)ccc1=O. The third-order valence-electron chi connectivity index (χ3n) is 1.86. The van der Waals surface area contributed by atoms with Crippen LogP contribution in [-0.4, -0.2) is 9.72 Å². The minimum absolute atomic E-state index is 0.161. The minimum Gasteiger partial charge on any atom is -0.394 e. The molecule has 5 nitrogen and oxygen atoms in total. The highest BCUT2D eigenvalue weighted by Crippen LogP contribution is 2.01. The second kappa shape index (κ2) is 3.37. The van der Waals surface area contributed by atoms with E-state index in [2.05, 4.69) is 9.68 Å². The monoisotopic (exact) mass is 191 g/mol. The fraction of sp³-hybridized carbons (Fsp3) is 0.111. The van der Waals surface area contributed by atoms with E-state index in [1.807, 2.05) is 0 Å². The summed E-state index contributed by atoms with van der Waals surface area (Å²) in [5.74, 6) is 0. The average Bonchev–Trinajstić information content (AvgIpc) is 2.64. The first kappa shape index (κ1) is 8.55. The van der Waals surface area contributed by atoms with Crippen LogP contribution in [0.3, 0.4) is 0 Å². The summed E-state index contributed by atoms with van der Waals surface area (Å²) in [7, 11) is 0. The van der Waals surface area contributed by atoms with Gasteiger partial charge in [-0.3, -0.25) is 4.79 Å². The van der Waals surface area contributed by atoms with Crippen molar-refractivity contribution in [3.8, 4) is 0 Å². The summed E-state index contributed by atoms with van der Waals surface area (Å²) in [5.41, 5.74) is 6.48. The Balaban J connectivity index is 2.26. The lowest BCUT2D eigenvalue weighted by atomic mass is 10.3. The van der Waals surface area contributed by atoms with E-state index in [1.54, 1.807) is 29.4 Å². The predicted molar refractivity (Wildman–Crippen MR) is 50.7 cm³/mol. The van der Waals surface area contributed by atoms with Gasteiger partial charge in [-0.15, -0.1) is 0 Å². The standard InChI is InChI=1S/C9H9N3O2/c10-8-5-12(2-1-9(8)13)4-7-3-11-14-6-7/h1-3,5-6H,4,10H2. The Bertz CT molecular complexity index is 473. The lowest BCUT2D eigenvalue weighted by Crippen LogP contribution is -2.11. The molecule has 0 aromatic carbocycles. The lowest BCUT2D eigenvalue weighted by Gasteiger charge is -2.03. The van der Waals surface area contributed by atoms with E-state index in [0.29, 0.717) is 6.54 Å². The van der Waals surface area contributed by atoms with E-state index in [0.717, 1.165) is 5.56 Å². The first-order valence-electron chi connectivity index (χ1n) is 4.09. The van der Waals surface area contributed by atoms with Gasteiger partial charge in [-0.05, 0) is 0 Å². The number of hydrogen-bond donors (Lipinski definition) is 1. The molecule has 2 N–H and O–H groups in total. The van der Waals surface area contributed by atoms with Gasteiger partial charge in [0.05, 0.1) is 18.4 Å². The van der Waals surface area contributed by atoms with Crippen LogP contribution in [0.5, 0.6) is 0 Å². The summed E-state index contributed by atoms with van der Waals surface area (Å²) < 4.78 is 6.48. The molecular formula is C9H9N3O2. The molecule has 0 unspecified atom stereocenters. The summed E-state index contributed by atoms with van der Waals surface area (Å²) >= 11 is 0. The highest BCUT2D eigenvalue weighted by molar-refractivity contribution is 5.33. The maximum absolute atomic E-state index is 11.0. The summed E-state index contributed by atoms with van der Waals surface area (Å²) in [5, 5.41) is 3.58. The topological polar surface area (TPSA) is 74.1 Å². The van der Waals surface area contributed by atoms with Crippen LogP contribution in [0.2, 0.25) is 0 Å². The lowest BCUT2D eigenvalue weighted by molar-refractivity contribution is 0.418. The Hall–Kier alpha value is -2.04. The maximum atomic E-state index is 11.0. The zero-order valence-corrected chi connectivity index (χ0v) is 7.38. The number of nitrogens with zero attached hydrogens (tertiary/aromatic N) is 2. The van der Waals surface area contributed by atoms with Crippen LogP contribution in [0.25, 0.3) is 0 Å². The molecule has 5 heteroatoms. The normalized spacial score (nSPS) is 10.3. The van der Waals surface area contributed by atoms with E-state index in [-0.39, 0.29) is 11.1 Å². The molecule has 0 aliphatic heterocycles. The van der Waals surface area contributed by atoms with Gasteiger partial charge in [0.1, 0.15) is 6.26 Å². The fourth-order valence-corrected chi connectivity index (χ4v) is 1.16. The molecular weight excluding hydrogens is 182 g/mol. The summed E-state index contributed by atoms with van der Waals surface area (Å²) in [4.78, 5) is 11.0. The predicted octanol–water partition coefficient (Wildman–Crippen LogP) is 0.467. The summed E-state index contributed by atoms with van der Waals surface area (Å²) in [6, 6.07) is 1.43. The molecule has 0 saturated carbocycles. The molecule has 0 spiro atoms. The van der Waals surface area contributed by atoms with Gasteiger partial charge in [-0.25, -0.2) is 0 Å². The number of aromatic nitrogens is 2. The van der Waals surface area contributed by atoms with Crippen molar-refractivity contribution >= 4 is 5.69 Å². The average molecular weight is 191 g/mol. The molecule has 72 valence electrons. The molecule has 2 heterocycles. The molecule has 0 bridgehead atoms. The van der Waals surface area contributed by atoms with Crippen molar-refractivity contribution in [1.82, 2.24) is 9.72 Å². The Kier molecular flexibility index (Phi) is 2.06.